The third-order valence-electron chi connectivity index (χ3n) is 15.1. The standard InChI is InChI=1S/C85H66O2/c1-10-61-52-70(56-78(54-61)84(4,5)6)35-33-66-25-21-64(22-26-66)29-31-68-39-47-73(48-40-68)80-58-77(72-45-37-63(38-46-72)16-15-51-87-83(86)76-17-13-12-14-18-76)59-81(82(80)75-43-19-60(3)20-44-75)74-49-41-69(42-50-74)32-30-65-23-27-67(28-24-65)34-36-71-53-62(11-2)55-79(57-71)85(7,8)9/h1-2,12-14,17-28,37-50,52-59H,15-16,51H2,3-9H3. The van der Waals surface area contributed by atoms with Gasteiger partial charge in [0, 0.05) is 55.6 Å². The first-order valence-corrected chi connectivity index (χ1v) is 29.3. The zero-order chi connectivity index (χ0) is 60.9. The van der Waals surface area contributed by atoms with E-state index in [1.54, 1.807) is 12.1 Å². The number of rotatable bonds is 9. The van der Waals surface area contributed by atoms with Crippen molar-refractivity contribution in [2.45, 2.75) is 72.1 Å². The molecule has 2 heteroatoms. The Kier molecular flexibility index (Phi) is 18.2. The zero-order valence-corrected chi connectivity index (χ0v) is 50.5. The van der Waals surface area contributed by atoms with Gasteiger partial charge in [0.2, 0.25) is 0 Å². The van der Waals surface area contributed by atoms with E-state index in [0.29, 0.717) is 18.6 Å². The minimum Gasteiger partial charge on any atom is -0.462 e. The number of hydrogen-bond acceptors (Lipinski definition) is 2. The van der Waals surface area contributed by atoms with Crippen LogP contribution in [0.3, 0.4) is 0 Å². The van der Waals surface area contributed by atoms with Crippen molar-refractivity contribution in [3.8, 4) is 117 Å². The van der Waals surface area contributed by atoms with Gasteiger partial charge < -0.3 is 4.74 Å². The molecule has 0 fully saturated rings. The Hall–Kier alpha value is -11.0. The predicted octanol–water partition coefficient (Wildman–Crippen LogP) is 18.6. The number of benzene rings is 10. The van der Waals surface area contributed by atoms with Crippen LogP contribution in [0.25, 0.3) is 44.5 Å². The van der Waals surface area contributed by atoms with E-state index in [-0.39, 0.29) is 16.8 Å². The van der Waals surface area contributed by atoms with Crippen LogP contribution in [0.1, 0.15) is 136 Å². The third-order valence-corrected chi connectivity index (χ3v) is 15.1. The van der Waals surface area contributed by atoms with Crippen molar-refractivity contribution in [3.63, 3.8) is 0 Å². The summed E-state index contributed by atoms with van der Waals surface area (Å²) in [6, 6.07) is 76.8. The Morgan fingerprint density at radius 2 is 0.736 bits per heavy atom. The van der Waals surface area contributed by atoms with Crippen LogP contribution in [-0.4, -0.2) is 12.6 Å². The second-order valence-corrected chi connectivity index (χ2v) is 23.8. The first-order valence-electron chi connectivity index (χ1n) is 29.3. The molecule has 0 aliphatic rings. The van der Waals surface area contributed by atoms with Gasteiger partial charge in [0.05, 0.1) is 12.2 Å². The van der Waals surface area contributed by atoms with Crippen LogP contribution in [0.2, 0.25) is 0 Å². The van der Waals surface area contributed by atoms with E-state index in [1.807, 2.05) is 78.9 Å². The lowest BCUT2D eigenvalue weighted by molar-refractivity contribution is 0.0500. The Labute approximate surface area is 515 Å². The molecule has 0 N–H and O–H groups in total. The molecule has 0 unspecified atom stereocenters. The van der Waals surface area contributed by atoms with E-state index in [4.69, 9.17) is 17.6 Å². The summed E-state index contributed by atoms with van der Waals surface area (Å²) in [5, 5.41) is 0. The van der Waals surface area contributed by atoms with Gasteiger partial charge in [-0.05, 0) is 225 Å². The Balaban J connectivity index is 0.940. The van der Waals surface area contributed by atoms with Crippen molar-refractivity contribution in [2.75, 3.05) is 6.61 Å². The molecular formula is C85H66O2. The van der Waals surface area contributed by atoms with Crippen LogP contribution in [0.15, 0.2) is 224 Å². The summed E-state index contributed by atoms with van der Waals surface area (Å²) >= 11 is 0. The quantitative estimate of drug-likeness (QED) is 0.0818. The van der Waals surface area contributed by atoms with Crippen molar-refractivity contribution in [2.24, 2.45) is 0 Å². The van der Waals surface area contributed by atoms with Gasteiger partial charge in [-0.3, -0.25) is 0 Å². The van der Waals surface area contributed by atoms with E-state index in [2.05, 4.69) is 241 Å². The molecule has 418 valence electrons. The van der Waals surface area contributed by atoms with Crippen molar-refractivity contribution < 1.29 is 9.53 Å². The maximum Gasteiger partial charge on any atom is 0.338 e. The van der Waals surface area contributed by atoms with Crippen LogP contribution >= 0.6 is 0 Å². The van der Waals surface area contributed by atoms with Crippen LogP contribution in [0.4, 0.5) is 0 Å². The highest BCUT2D eigenvalue weighted by atomic mass is 16.5. The molecule has 10 rings (SSSR count). The molecule has 0 radical (unpaired) electrons. The van der Waals surface area contributed by atoms with E-state index in [9.17, 15) is 4.79 Å². The third kappa shape index (κ3) is 15.6. The molecule has 0 atom stereocenters. The highest BCUT2D eigenvalue weighted by Crippen LogP contribution is 2.44. The Morgan fingerprint density at radius 1 is 0.379 bits per heavy atom. The number of ether oxygens (including phenoxy) is 1. The van der Waals surface area contributed by atoms with Gasteiger partial charge >= 0.3 is 5.97 Å². The molecule has 10 aromatic rings. The lowest BCUT2D eigenvalue weighted by atomic mass is 9.84. The van der Waals surface area contributed by atoms with Gasteiger partial charge in [-0.1, -0.05) is 197 Å². The van der Waals surface area contributed by atoms with Crippen LogP contribution in [0, 0.1) is 79.0 Å². The van der Waals surface area contributed by atoms with Crippen LogP contribution in [-0.2, 0) is 22.0 Å². The SMILES string of the molecule is C#Cc1cc(C#Cc2ccc(C#Cc3ccc(-c4cc(-c5ccc(CCCOC(=O)c6ccccc6)cc5)cc(-c5ccc(C#Cc6ccc(C#Cc7cc(C#C)cc(C(C)(C)C)c7)cc6)cc5)c4-c4ccc(C)cc4)cc3)cc2)cc(C(C)(C)C)c1. The minimum absolute atomic E-state index is 0.0411. The Bertz CT molecular complexity index is 4280. The molecule has 0 aromatic heterocycles. The highest BCUT2D eigenvalue weighted by Gasteiger charge is 2.19. The summed E-state index contributed by atoms with van der Waals surface area (Å²) in [7, 11) is 0. The summed E-state index contributed by atoms with van der Waals surface area (Å²) in [6.45, 7) is 15.5. The van der Waals surface area contributed by atoms with Crippen LogP contribution in [0.5, 0.6) is 0 Å². The topological polar surface area (TPSA) is 26.3 Å². The van der Waals surface area contributed by atoms with Crippen LogP contribution < -0.4 is 0 Å². The molecule has 0 saturated carbocycles. The number of aryl methyl sites for hydroxylation is 2. The smallest absolute Gasteiger partial charge is 0.338 e. The number of esters is 1. The normalized spacial score (nSPS) is 10.7. The fraction of sp³-hybridized carbons (Fsp3) is 0.141. The molecule has 0 spiro atoms. The molecule has 2 nitrogen and oxygen atoms in total. The van der Waals surface area contributed by atoms with Gasteiger partial charge in [0.25, 0.3) is 0 Å². The summed E-state index contributed by atoms with van der Waals surface area (Å²) in [5.41, 5.74) is 22.8. The number of carbonyl (C=O) groups excluding carboxylic acids is 1. The van der Waals surface area contributed by atoms with Gasteiger partial charge in [0.1, 0.15) is 0 Å². The van der Waals surface area contributed by atoms with E-state index in [1.165, 1.54) is 11.1 Å². The van der Waals surface area contributed by atoms with Gasteiger partial charge in [-0.15, -0.1) is 12.8 Å². The first-order chi connectivity index (χ1) is 42.0. The molecule has 87 heavy (non-hydrogen) atoms. The van der Waals surface area contributed by atoms with Crippen molar-refractivity contribution in [1.82, 2.24) is 0 Å². The summed E-state index contributed by atoms with van der Waals surface area (Å²) in [5.74, 6) is 32.1. The molecule has 0 aliphatic carbocycles. The summed E-state index contributed by atoms with van der Waals surface area (Å²) in [4.78, 5) is 12.6. The van der Waals surface area contributed by atoms with E-state index >= 15 is 0 Å². The summed E-state index contributed by atoms with van der Waals surface area (Å²) in [6.07, 6.45) is 13.1. The molecule has 0 bridgehead atoms. The zero-order valence-electron chi connectivity index (χ0n) is 50.5. The Morgan fingerprint density at radius 3 is 1.13 bits per heavy atom. The molecular weight excluding hydrogens is 1050 g/mol. The van der Waals surface area contributed by atoms with Crippen molar-refractivity contribution >= 4 is 5.97 Å². The first kappa shape index (κ1) is 59.2. The molecule has 10 aromatic carbocycles. The average molecular weight is 1120 g/mol. The monoisotopic (exact) mass is 1120 g/mol. The lowest BCUT2D eigenvalue weighted by Gasteiger charge is -2.19. The fourth-order valence-electron chi connectivity index (χ4n) is 10.0. The predicted molar refractivity (Wildman–Crippen MR) is 361 cm³/mol. The molecule has 0 aliphatic heterocycles. The van der Waals surface area contributed by atoms with E-state index < -0.39 is 0 Å². The van der Waals surface area contributed by atoms with Crippen molar-refractivity contribution in [3.05, 3.63) is 308 Å². The van der Waals surface area contributed by atoms with Gasteiger partial charge in [0.15, 0.2) is 0 Å². The largest absolute Gasteiger partial charge is 0.462 e. The van der Waals surface area contributed by atoms with Gasteiger partial charge in [-0.2, -0.15) is 0 Å². The average Bonchev–Trinajstić information content (AvgIpc) is 1.36. The second kappa shape index (κ2) is 26.7. The maximum atomic E-state index is 12.6. The number of carbonyl (C=O) groups is 1. The molecule has 0 saturated heterocycles. The fourth-order valence-corrected chi connectivity index (χ4v) is 10.0. The second-order valence-electron chi connectivity index (χ2n) is 23.8. The maximum absolute atomic E-state index is 12.6. The lowest BCUT2D eigenvalue weighted by Crippen LogP contribution is -2.11. The number of terminal acetylenes is 2. The summed E-state index contributed by atoms with van der Waals surface area (Å²) < 4.78 is 5.60. The van der Waals surface area contributed by atoms with E-state index in [0.717, 1.165) is 118 Å². The minimum atomic E-state index is -0.302. The van der Waals surface area contributed by atoms with Crippen molar-refractivity contribution in [1.29, 1.82) is 0 Å². The highest BCUT2D eigenvalue weighted by molar-refractivity contribution is 5.98. The molecule has 0 amide bonds. The number of hydrogen-bond donors (Lipinski definition) is 0. The molecule has 0 heterocycles. The van der Waals surface area contributed by atoms with Gasteiger partial charge in [-0.25, -0.2) is 4.79 Å².